The minimum atomic E-state index is -0.0458. The van der Waals surface area contributed by atoms with Crippen LogP contribution in [0.3, 0.4) is 0 Å². The molecule has 5 rings (SSSR count). The van der Waals surface area contributed by atoms with Gasteiger partial charge in [-0.25, -0.2) is 4.98 Å². The Bertz CT molecular complexity index is 1230. The molecule has 4 heterocycles. The molecule has 0 spiro atoms. The number of aromatic amines is 2. The zero-order chi connectivity index (χ0) is 18.9. The van der Waals surface area contributed by atoms with E-state index < -0.39 is 0 Å². The smallest absolute Gasteiger partial charge is 0.188 e. The van der Waals surface area contributed by atoms with Crippen LogP contribution in [0, 0.1) is 0 Å². The molecule has 28 heavy (non-hydrogen) atoms. The van der Waals surface area contributed by atoms with Crippen LogP contribution in [0.5, 0.6) is 0 Å². The maximum absolute atomic E-state index is 12.8. The van der Waals surface area contributed by atoms with Gasteiger partial charge in [-0.05, 0) is 23.3 Å². The molecule has 8 nitrogen and oxygen atoms in total. The molecule has 0 fully saturated rings. The number of nitrogens with zero attached hydrogens (tertiary/aromatic N) is 5. The lowest BCUT2D eigenvalue weighted by molar-refractivity contribution is 0.0989. The summed E-state index contributed by atoms with van der Waals surface area (Å²) in [5.74, 6) is -0.0458. The highest BCUT2D eigenvalue weighted by molar-refractivity contribution is 7.07. The van der Waals surface area contributed by atoms with Gasteiger partial charge >= 0.3 is 0 Å². The van der Waals surface area contributed by atoms with Crippen molar-refractivity contribution in [3.63, 3.8) is 0 Å². The van der Waals surface area contributed by atoms with Crippen molar-refractivity contribution in [2.45, 2.75) is 13.0 Å². The van der Waals surface area contributed by atoms with Crippen LogP contribution in [0.25, 0.3) is 22.0 Å². The third-order valence-corrected chi connectivity index (χ3v) is 5.15. The summed E-state index contributed by atoms with van der Waals surface area (Å²) in [6, 6.07) is 5.85. The monoisotopic (exact) mass is 389 g/mol. The largest absolute Gasteiger partial charge is 0.292 e. The molecule has 0 amide bonds. The number of ketones is 1. The van der Waals surface area contributed by atoms with E-state index in [1.165, 1.54) is 0 Å². The Hall–Kier alpha value is -3.59. The fraction of sp³-hybridized carbons (Fsp3) is 0.105. The minimum Gasteiger partial charge on any atom is -0.292 e. The molecule has 138 valence electrons. The SMILES string of the molecule is O=C(Cc1cnn(Cc2cscn2)c1)c1n[nH]c2cc(-c3cn[nH]c3)ccc12. The van der Waals surface area contributed by atoms with Crippen LogP contribution in [0.15, 0.2) is 53.9 Å². The third-order valence-electron chi connectivity index (χ3n) is 4.52. The summed E-state index contributed by atoms with van der Waals surface area (Å²) in [7, 11) is 0. The second-order valence-corrected chi connectivity index (χ2v) is 7.16. The molecule has 0 saturated carbocycles. The zero-order valence-corrected chi connectivity index (χ0v) is 15.5. The number of H-pyrrole nitrogens is 2. The van der Waals surface area contributed by atoms with Gasteiger partial charge in [-0.3, -0.25) is 19.7 Å². The Morgan fingerprint density at radius 3 is 3.00 bits per heavy atom. The van der Waals surface area contributed by atoms with Crippen LogP contribution < -0.4 is 0 Å². The number of rotatable bonds is 6. The molecule has 0 aliphatic heterocycles. The van der Waals surface area contributed by atoms with Gasteiger partial charge in [0.25, 0.3) is 0 Å². The third kappa shape index (κ3) is 3.12. The summed E-state index contributed by atoms with van der Waals surface area (Å²) in [5.41, 5.74) is 6.86. The van der Waals surface area contributed by atoms with Crippen molar-refractivity contribution in [1.29, 1.82) is 0 Å². The average Bonchev–Trinajstić information content (AvgIpc) is 3.49. The van der Waals surface area contributed by atoms with Crippen LogP contribution in [-0.2, 0) is 13.0 Å². The number of hydrogen-bond donors (Lipinski definition) is 2. The molecule has 0 aliphatic rings. The second-order valence-electron chi connectivity index (χ2n) is 6.45. The minimum absolute atomic E-state index is 0.0458. The molecule has 0 saturated heterocycles. The standard InChI is InChI=1S/C19H15N7OS/c27-18(3-12-5-23-26(8-12)9-15-10-28-11-20-15)19-16-2-1-13(4-17(16)24-25-19)14-6-21-22-7-14/h1-2,4-8,10-11H,3,9H2,(H,21,22)(H,24,25). The summed E-state index contributed by atoms with van der Waals surface area (Å²) < 4.78 is 1.79. The van der Waals surface area contributed by atoms with E-state index in [1.54, 1.807) is 33.9 Å². The Morgan fingerprint density at radius 1 is 1.21 bits per heavy atom. The molecule has 0 atom stereocenters. The van der Waals surface area contributed by atoms with E-state index in [4.69, 9.17) is 0 Å². The molecule has 0 bridgehead atoms. The fourth-order valence-corrected chi connectivity index (χ4v) is 3.70. The molecule has 5 aromatic rings. The Kier molecular flexibility index (Phi) is 4.06. The van der Waals surface area contributed by atoms with Gasteiger partial charge in [-0.15, -0.1) is 11.3 Å². The zero-order valence-electron chi connectivity index (χ0n) is 14.7. The molecule has 4 aromatic heterocycles. The highest BCUT2D eigenvalue weighted by Gasteiger charge is 2.16. The summed E-state index contributed by atoms with van der Waals surface area (Å²) in [6.07, 6.45) is 7.43. The molecular formula is C19H15N7OS. The highest BCUT2D eigenvalue weighted by Crippen LogP contribution is 2.25. The molecule has 0 aliphatic carbocycles. The predicted molar refractivity (Wildman–Crippen MR) is 105 cm³/mol. The molecule has 0 radical (unpaired) electrons. The van der Waals surface area contributed by atoms with Crippen molar-refractivity contribution in [2.24, 2.45) is 0 Å². The van der Waals surface area contributed by atoms with Crippen LogP contribution >= 0.6 is 11.3 Å². The van der Waals surface area contributed by atoms with E-state index in [2.05, 4.69) is 30.5 Å². The second kappa shape index (κ2) is 6.86. The van der Waals surface area contributed by atoms with Gasteiger partial charge in [0.2, 0.25) is 0 Å². The van der Waals surface area contributed by atoms with E-state index in [9.17, 15) is 4.79 Å². The average molecular weight is 389 g/mol. The number of aromatic nitrogens is 7. The van der Waals surface area contributed by atoms with Crippen LogP contribution in [0.1, 0.15) is 21.7 Å². The van der Waals surface area contributed by atoms with Gasteiger partial charge in [-0.2, -0.15) is 15.3 Å². The maximum Gasteiger partial charge on any atom is 0.188 e. The number of hydrogen-bond acceptors (Lipinski definition) is 6. The molecule has 1 aromatic carbocycles. The highest BCUT2D eigenvalue weighted by atomic mass is 32.1. The first-order chi connectivity index (χ1) is 13.8. The van der Waals surface area contributed by atoms with Crippen molar-refractivity contribution in [3.05, 3.63) is 70.8 Å². The Balaban J connectivity index is 1.35. The number of fused-ring (bicyclic) bond motifs is 1. The quantitative estimate of drug-likeness (QED) is 0.434. The van der Waals surface area contributed by atoms with Gasteiger partial charge in [0.15, 0.2) is 5.78 Å². The van der Waals surface area contributed by atoms with E-state index in [-0.39, 0.29) is 12.2 Å². The van der Waals surface area contributed by atoms with Crippen molar-refractivity contribution < 1.29 is 4.79 Å². The van der Waals surface area contributed by atoms with Crippen LogP contribution in [0.4, 0.5) is 0 Å². The lowest BCUT2D eigenvalue weighted by Crippen LogP contribution is -2.04. The van der Waals surface area contributed by atoms with E-state index in [0.717, 1.165) is 33.3 Å². The predicted octanol–water partition coefficient (Wildman–Crippen LogP) is 3.08. The first kappa shape index (κ1) is 16.6. The topological polar surface area (TPSA) is 105 Å². The van der Waals surface area contributed by atoms with E-state index in [0.29, 0.717) is 12.2 Å². The first-order valence-electron chi connectivity index (χ1n) is 8.65. The van der Waals surface area contributed by atoms with Crippen LogP contribution in [-0.4, -0.2) is 40.9 Å². The van der Waals surface area contributed by atoms with Gasteiger partial charge in [0.1, 0.15) is 5.69 Å². The maximum atomic E-state index is 12.8. The fourth-order valence-electron chi connectivity index (χ4n) is 3.16. The lowest BCUT2D eigenvalue weighted by atomic mass is 10.0. The van der Waals surface area contributed by atoms with E-state index >= 15 is 0 Å². The van der Waals surface area contributed by atoms with Crippen molar-refractivity contribution in [1.82, 2.24) is 35.2 Å². The molecule has 2 N–H and O–H groups in total. The summed E-state index contributed by atoms with van der Waals surface area (Å²) >= 11 is 1.55. The number of benzene rings is 1. The van der Waals surface area contributed by atoms with Gasteiger partial charge < -0.3 is 0 Å². The molecular weight excluding hydrogens is 374 g/mol. The van der Waals surface area contributed by atoms with E-state index in [1.807, 2.05) is 36.0 Å². The van der Waals surface area contributed by atoms with Crippen LogP contribution in [0.2, 0.25) is 0 Å². The Labute approximate surface area is 163 Å². The number of carbonyl (C=O) groups is 1. The first-order valence-corrected chi connectivity index (χ1v) is 9.59. The Morgan fingerprint density at radius 2 is 2.18 bits per heavy atom. The molecule has 9 heteroatoms. The van der Waals surface area contributed by atoms with Crippen molar-refractivity contribution >= 4 is 28.0 Å². The van der Waals surface area contributed by atoms with Gasteiger partial charge in [-0.1, -0.05) is 6.07 Å². The number of Topliss-reactive ketones (excluding diaryl/α,β-unsaturated/α-hetero) is 1. The van der Waals surface area contributed by atoms with Gasteiger partial charge in [0, 0.05) is 35.1 Å². The lowest BCUT2D eigenvalue weighted by Gasteiger charge is -1.99. The molecule has 0 unspecified atom stereocenters. The normalized spacial score (nSPS) is 11.3. The summed E-state index contributed by atoms with van der Waals surface area (Å²) in [4.78, 5) is 17.0. The summed E-state index contributed by atoms with van der Waals surface area (Å²) in [6.45, 7) is 0.597. The number of thiazole rings is 1. The van der Waals surface area contributed by atoms with Gasteiger partial charge in [0.05, 0.1) is 35.7 Å². The number of nitrogens with one attached hydrogen (secondary N) is 2. The van der Waals surface area contributed by atoms with Crippen molar-refractivity contribution in [2.75, 3.05) is 0 Å². The summed E-state index contributed by atoms with van der Waals surface area (Å²) in [5, 5.41) is 21.1. The van der Waals surface area contributed by atoms with Crippen molar-refractivity contribution in [3.8, 4) is 11.1 Å². The number of carbonyl (C=O) groups excluding carboxylic acids is 1.